The maximum absolute atomic E-state index is 12.9. The third-order valence-corrected chi connectivity index (χ3v) is 12.1. The summed E-state index contributed by atoms with van der Waals surface area (Å²) in [6, 6.07) is 0. The predicted octanol–water partition coefficient (Wildman–Crippen LogP) is 12.5. The van der Waals surface area contributed by atoms with E-state index in [-0.39, 0.29) is 50.4 Å². The van der Waals surface area contributed by atoms with Crippen molar-refractivity contribution in [2.45, 2.75) is 204 Å². The van der Waals surface area contributed by atoms with E-state index in [1.807, 2.05) is 6.92 Å². The van der Waals surface area contributed by atoms with Crippen molar-refractivity contribution in [2.75, 3.05) is 26.4 Å². The zero-order valence-electron chi connectivity index (χ0n) is 37.5. The van der Waals surface area contributed by atoms with Crippen LogP contribution >= 0.6 is 7.82 Å². The Kier molecular flexibility index (Phi) is 32.3. The first-order chi connectivity index (χ1) is 25.9. The van der Waals surface area contributed by atoms with Gasteiger partial charge in [-0.05, 0) is 47.3 Å². The summed E-state index contributed by atoms with van der Waals surface area (Å²) in [6.45, 7) is 21.9. The van der Waals surface area contributed by atoms with Gasteiger partial charge in [-0.15, -0.1) is 0 Å². The molecule has 10 heteroatoms. The van der Waals surface area contributed by atoms with Gasteiger partial charge >= 0.3 is 19.8 Å². The van der Waals surface area contributed by atoms with Crippen LogP contribution in [0.2, 0.25) is 0 Å². The number of carbonyl (C=O) groups is 2. The van der Waals surface area contributed by atoms with Gasteiger partial charge in [0.2, 0.25) is 0 Å². The van der Waals surface area contributed by atoms with Gasteiger partial charge in [-0.2, -0.15) is 0 Å². The minimum absolute atomic E-state index is 0.0490. The van der Waals surface area contributed by atoms with Crippen molar-refractivity contribution in [1.82, 2.24) is 0 Å². The molecule has 0 aliphatic rings. The molecule has 0 aliphatic carbocycles. The Labute approximate surface area is 339 Å². The van der Waals surface area contributed by atoms with Crippen LogP contribution in [0.1, 0.15) is 198 Å². The molecule has 0 bridgehead atoms. The van der Waals surface area contributed by atoms with Crippen molar-refractivity contribution in [1.29, 1.82) is 0 Å². The number of carbonyl (C=O) groups excluding carboxylic acids is 2. The van der Waals surface area contributed by atoms with E-state index in [9.17, 15) is 19.0 Å². The van der Waals surface area contributed by atoms with E-state index >= 15 is 0 Å². The van der Waals surface area contributed by atoms with Crippen LogP contribution in [0, 0.1) is 47.3 Å². The average Bonchev–Trinajstić information content (AvgIpc) is 3.08. The number of esters is 2. The molecule has 0 heterocycles. The molecule has 328 valence electrons. The zero-order chi connectivity index (χ0) is 41.6. The van der Waals surface area contributed by atoms with E-state index < -0.39 is 26.5 Å². The van der Waals surface area contributed by atoms with Crippen molar-refractivity contribution >= 4 is 19.8 Å². The summed E-state index contributed by atoms with van der Waals surface area (Å²) in [5, 5.41) is 0. The molecule has 0 rings (SSSR count). The lowest BCUT2D eigenvalue weighted by molar-refractivity contribution is -0.162. The number of hydrogen-bond acceptors (Lipinski definition) is 8. The molecule has 0 saturated heterocycles. The average molecular weight is 804 g/mol. The fourth-order valence-electron chi connectivity index (χ4n) is 7.34. The normalized spacial score (nSPS) is 17.0. The van der Waals surface area contributed by atoms with Crippen LogP contribution in [0.25, 0.3) is 0 Å². The maximum atomic E-state index is 12.9. The van der Waals surface area contributed by atoms with Gasteiger partial charge in [-0.3, -0.25) is 18.6 Å². The number of nitrogens with two attached hydrogens (primary N) is 1. The van der Waals surface area contributed by atoms with Crippen LogP contribution in [-0.4, -0.2) is 49.3 Å². The SMILES string of the molecule is CC(C)CCC[C@H](C)CCC[C@H](C)CCC[C@@H](C)CC(=O)O[C@H](COC(=O)C[C@@H](C)CCC[C@@H](C)CCC[C@@H](C)CCCC(C)C)COP(=O)(O)OCCN. The van der Waals surface area contributed by atoms with E-state index in [1.165, 1.54) is 77.0 Å². The van der Waals surface area contributed by atoms with Gasteiger partial charge in [0.1, 0.15) is 6.61 Å². The monoisotopic (exact) mass is 804 g/mol. The van der Waals surface area contributed by atoms with Gasteiger partial charge < -0.3 is 20.1 Å². The first kappa shape index (κ1) is 54.0. The van der Waals surface area contributed by atoms with Crippen LogP contribution in [0.4, 0.5) is 0 Å². The van der Waals surface area contributed by atoms with Crippen molar-refractivity contribution in [2.24, 2.45) is 53.1 Å². The van der Waals surface area contributed by atoms with Gasteiger partial charge in [0.05, 0.1) is 13.2 Å². The Morgan fingerprint density at radius 3 is 1.22 bits per heavy atom. The second-order valence-electron chi connectivity index (χ2n) is 18.6. The highest BCUT2D eigenvalue weighted by atomic mass is 31.2. The second-order valence-corrected chi connectivity index (χ2v) is 20.0. The smallest absolute Gasteiger partial charge is 0.462 e. The quantitative estimate of drug-likeness (QED) is 0.0465. The predicted molar refractivity (Wildman–Crippen MR) is 229 cm³/mol. The van der Waals surface area contributed by atoms with Crippen LogP contribution in [0.15, 0.2) is 0 Å². The van der Waals surface area contributed by atoms with Gasteiger partial charge in [0.15, 0.2) is 6.10 Å². The fraction of sp³-hybridized carbons (Fsp3) is 0.956. The summed E-state index contributed by atoms with van der Waals surface area (Å²) in [4.78, 5) is 35.7. The molecule has 55 heavy (non-hydrogen) atoms. The minimum atomic E-state index is -4.40. The minimum Gasteiger partial charge on any atom is -0.462 e. The molecular formula is C45H90NO8P. The van der Waals surface area contributed by atoms with Crippen molar-refractivity contribution in [3.05, 3.63) is 0 Å². The number of phosphoric acid groups is 1. The Morgan fingerprint density at radius 2 is 0.855 bits per heavy atom. The van der Waals surface area contributed by atoms with E-state index in [4.69, 9.17) is 24.3 Å². The molecule has 0 aliphatic heterocycles. The summed E-state index contributed by atoms with van der Waals surface area (Å²) in [7, 11) is -4.40. The molecule has 0 aromatic rings. The summed E-state index contributed by atoms with van der Waals surface area (Å²) < 4.78 is 33.3. The topological polar surface area (TPSA) is 134 Å². The van der Waals surface area contributed by atoms with Crippen LogP contribution in [0.5, 0.6) is 0 Å². The Bertz CT molecular complexity index is 994. The van der Waals surface area contributed by atoms with Gasteiger partial charge in [-0.25, -0.2) is 4.57 Å². The molecule has 8 atom stereocenters. The van der Waals surface area contributed by atoms with Crippen molar-refractivity contribution in [3.63, 3.8) is 0 Å². The van der Waals surface area contributed by atoms with E-state index in [0.717, 1.165) is 62.2 Å². The first-order valence-corrected chi connectivity index (χ1v) is 24.1. The Morgan fingerprint density at radius 1 is 0.509 bits per heavy atom. The highest BCUT2D eigenvalue weighted by molar-refractivity contribution is 7.47. The molecule has 0 amide bonds. The second kappa shape index (κ2) is 32.9. The Balaban J connectivity index is 4.65. The van der Waals surface area contributed by atoms with Crippen LogP contribution in [-0.2, 0) is 32.7 Å². The van der Waals surface area contributed by atoms with Gasteiger partial charge in [0.25, 0.3) is 0 Å². The number of ether oxygens (including phenoxy) is 2. The largest absolute Gasteiger partial charge is 0.472 e. The lowest BCUT2D eigenvalue weighted by Crippen LogP contribution is -2.30. The van der Waals surface area contributed by atoms with Crippen molar-refractivity contribution < 1.29 is 37.6 Å². The lowest BCUT2D eigenvalue weighted by atomic mass is 9.91. The summed E-state index contributed by atoms with van der Waals surface area (Å²) >= 11 is 0. The molecule has 0 aromatic heterocycles. The molecule has 3 N–H and O–H groups in total. The van der Waals surface area contributed by atoms with Crippen LogP contribution in [0.3, 0.4) is 0 Å². The van der Waals surface area contributed by atoms with E-state index in [1.54, 1.807) is 0 Å². The molecule has 9 nitrogen and oxygen atoms in total. The molecule has 0 aromatic carbocycles. The van der Waals surface area contributed by atoms with Crippen molar-refractivity contribution in [3.8, 4) is 0 Å². The molecule has 0 saturated carbocycles. The maximum Gasteiger partial charge on any atom is 0.472 e. The lowest BCUT2D eigenvalue weighted by Gasteiger charge is -2.21. The molecular weight excluding hydrogens is 713 g/mol. The summed E-state index contributed by atoms with van der Waals surface area (Å²) in [5.74, 6) is 3.95. The standard InChI is InChI=1S/C45H90NO8P/c1-35(2)17-11-19-37(5)21-13-23-39(7)25-15-27-41(9)31-44(47)51-33-43(34-53-55(49,50)52-30-29-46)54-45(48)32-42(10)28-16-26-40(8)24-14-22-38(6)20-12-18-36(3)4/h35-43H,11-34,46H2,1-10H3,(H,49,50)/t37-,38-,39-,40-,41-,42+,43+/m0/s1. The number of hydrogen-bond donors (Lipinski definition) is 2. The number of rotatable bonds is 37. The molecule has 1 unspecified atom stereocenters. The van der Waals surface area contributed by atoms with E-state index in [0.29, 0.717) is 11.8 Å². The number of phosphoric ester groups is 1. The highest BCUT2D eigenvalue weighted by Crippen LogP contribution is 2.43. The highest BCUT2D eigenvalue weighted by Gasteiger charge is 2.27. The fourth-order valence-corrected chi connectivity index (χ4v) is 8.10. The zero-order valence-corrected chi connectivity index (χ0v) is 38.4. The third kappa shape index (κ3) is 34.7. The summed E-state index contributed by atoms with van der Waals surface area (Å²) in [6.07, 6.45) is 21.3. The van der Waals surface area contributed by atoms with E-state index in [2.05, 4.69) is 62.3 Å². The third-order valence-electron chi connectivity index (χ3n) is 11.1. The van der Waals surface area contributed by atoms with Gasteiger partial charge in [-0.1, -0.05) is 185 Å². The molecule has 0 radical (unpaired) electrons. The molecule has 0 spiro atoms. The summed E-state index contributed by atoms with van der Waals surface area (Å²) in [5.41, 5.74) is 5.38. The Hall–Kier alpha value is -0.990. The molecule has 0 fully saturated rings. The first-order valence-electron chi connectivity index (χ1n) is 22.6. The van der Waals surface area contributed by atoms with Crippen LogP contribution < -0.4 is 5.73 Å². The van der Waals surface area contributed by atoms with Gasteiger partial charge in [0, 0.05) is 19.4 Å².